The second-order valence-corrected chi connectivity index (χ2v) is 6.44. The number of fused-ring (bicyclic) bond motifs is 1. The molecule has 1 aliphatic carbocycles. The fourth-order valence-corrected chi connectivity index (χ4v) is 3.76. The van der Waals surface area contributed by atoms with Crippen molar-refractivity contribution in [3.63, 3.8) is 0 Å². The largest absolute Gasteiger partial charge is 0.350 e. The summed E-state index contributed by atoms with van der Waals surface area (Å²) in [5.41, 5.74) is 3.20. The van der Waals surface area contributed by atoms with Gasteiger partial charge in [0.1, 0.15) is 5.82 Å². The van der Waals surface area contributed by atoms with E-state index in [1.807, 2.05) is 6.92 Å². The highest BCUT2D eigenvalue weighted by molar-refractivity contribution is 5.44. The summed E-state index contributed by atoms with van der Waals surface area (Å²) in [4.78, 5) is 23.4. The quantitative estimate of drug-likeness (QED) is 0.859. The molecule has 0 amide bonds. The summed E-state index contributed by atoms with van der Waals surface area (Å²) in [6.07, 6.45) is 8.72. The fraction of sp³-hybridized carbons (Fsp3) is 0.529. The Morgan fingerprint density at radius 2 is 2.09 bits per heavy atom. The molecule has 4 rings (SSSR count). The molecule has 6 heteroatoms. The summed E-state index contributed by atoms with van der Waals surface area (Å²) in [7, 11) is 0. The Bertz CT molecular complexity index is 785. The van der Waals surface area contributed by atoms with E-state index in [4.69, 9.17) is 0 Å². The number of rotatable bonds is 3. The third kappa shape index (κ3) is 2.62. The van der Waals surface area contributed by atoms with Gasteiger partial charge in [0.05, 0.1) is 24.0 Å². The van der Waals surface area contributed by atoms with Crippen LogP contribution in [-0.2, 0) is 19.4 Å². The van der Waals surface area contributed by atoms with Gasteiger partial charge in [-0.1, -0.05) is 0 Å². The average Bonchev–Trinajstić information content (AvgIpc) is 3.17. The Balaban J connectivity index is 1.61. The first-order valence-corrected chi connectivity index (χ1v) is 8.36. The van der Waals surface area contributed by atoms with Crippen LogP contribution in [0.4, 0.5) is 5.82 Å². The third-order valence-electron chi connectivity index (χ3n) is 4.91. The summed E-state index contributed by atoms with van der Waals surface area (Å²) in [5.74, 6) is 0.934. The van der Waals surface area contributed by atoms with Gasteiger partial charge in [0.15, 0.2) is 0 Å². The average molecular weight is 311 g/mol. The van der Waals surface area contributed by atoms with Gasteiger partial charge >= 0.3 is 0 Å². The van der Waals surface area contributed by atoms with E-state index in [1.165, 1.54) is 0 Å². The predicted molar refractivity (Wildman–Crippen MR) is 87.7 cm³/mol. The van der Waals surface area contributed by atoms with Gasteiger partial charge in [-0.2, -0.15) is 5.10 Å². The lowest BCUT2D eigenvalue weighted by molar-refractivity contribution is 0.481. The fourth-order valence-electron chi connectivity index (χ4n) is 3.76. The third-order valence-corrected chi connectivity index (χ3v) is 4.91. The highest BCUT2D eigenvalue weighted by Gasteiger charge is 2.28. The number of hydrogen-bond donors (Lipinski definition) is 0. The minimum absolute atomic E-state index is 0.0216. The number of nitrogens with zero attached hydrogens (tertiary/aromatic N) is 5. The van der Waals surface area contributed by atoms with Crippen molar-refractivity contribution in [2.24, 2.45) is 0 Å². The van der Waals surface area contributed by atoms with Gasteiger partial charge in [-0.3, -0.25) is 9.78 Å². The van der Waals surface area contributed by atoms with Gasteiger partial charge in [0.2, 0.25) is 0 Å². The van der Waals surface area contributed by atoms with Crippen LogP contribution >= 0.6 is 0 Å². The summed E-state index contributed by atoms with van der Waals surface area (Å²) in [6.45, 7) is 3.57. The molecule has 0 saturated carbocycles. The maximum atomic E-state index is 12.3. The van der Waals surface area contributed by atoms with Crippen molar-refractivity contribution in [2.45, 2.75) is 51.6 Å². The first-order valence-electron chi connectivity index (χ1n) is 8.36. The lowest BCUT2D eigenvalue weighted by atomic mass is 10.2. The summed E-state index contributed by atoms with van der Waals surface area (Å²) in [6, 6.07) is 2.04. The minimum Gasteiger partial charge on any atom is -0.350 e. The van der Waals surface area contributed by atoms with Gasteiger partial charge in [-0.25, -0.2) is 9.67 Å². The van der Waals surface area contributed by atoms with E-state index in [0.29, 0.717) is 6.54 Å². The van der Waals surface area contributed by atoms with E-state index in [0.717, 1.165) is 61.4 Å². The van der Waals surface area contributed by atoms with Gasteiger partial charge in [0.25, 0.3) is 5.56 Å². The van der Waals surface area contributed by atoms with Gasteiger partial charge in [-0.15, -0.1) is 0 Å². The molecule has 2 aromatic heterocycles. The zero-order valence-electron chi connectivity index (χ0n) is 13.4. The number of aromatic nitrogens is 4. The zero-order chi connectivity index (χ0) is 15.8. The highest BCUT2D eigenvalue weighted by atomic mass is 16.1. The molecule has 1 aliphatic heterocycles. The van der Waals surface area contributed by atoms with Crippen LogP contribution in [0.2, 0.25) is 0 Å². The van der Waals surface area contributed by atoms with Crippen LogP contribution in [0.3, 0.4) is 0 Å². The van der Waals surface area contributed by atoms with Crippen molar-refractivity contribution < 1.29 is 0 Å². The van der Waals surface area contributed by atoms with Crippen molar-refractivity contribution in [1.29, 1.82) is 0 Å². The summed E-state index contributed by atoms with van der Waals surface area (Å²) in [5, 5.41) is 4.61. The molecule has 0 bridgehead atoms. The molecule has 1 saturated heterocycles. The van der Waals surface area contributed by atoms with Gasteiger partial charge < -0.3 is 4.90 Å². The molecule has 0 aromatic carbocycles. The van der Waals surface area contributed by atoms with Crippen LogP contribution in [0.1, 0.15) is 36.2 Å². The van der Waals surface area contributed by atoms with E-state index in [2.05, 4.69) is 20.0 Å². The molecule has 1 unspecified atom stereocenters. The minimum atomic E-state index is 0.0216. The molecule has 0 radical (unpaired) electrons. The normalized spacial score (nSPS) is 20.0. The highest BCUT2D eigenvalue weighted by Crippen LogP contribution is 2.26. The monoisotopic (exact) mass is 311 g/mol. The van der Waals surface area contributed by atoms with Crippen molar-refractivity contribution in [3.8, 4) is 0 Å². The molecule has 2 aromatic rings. The maximum absolute atomic E-state index is 12.3. The molecule has 3 heterocycles. The van der Waals surface area contributed by atoms with Crippen LogP contribution in [0.5, 0.6) is 0 Å². The Kier molecular flexibility index (Phi) is 3.59. The number of aryl methyl sites for hydroxylation is 3. The first-order chi connectivity index (χ1) is 11.2. The topological polar surface area (TPSA) is 63.9 Å². The van der Waals surface area contributed by atoms with E-state index < -0.39 is 0 Å². The summed E-state index contributed by atoms with van der Waals surface area (Å²) < 4.78 is 1.65. The predicted octanol–water partition coefficient (Wildman–Crippen LogP) is 1.50. The van der Waals surface area contributed by atoms with Gasteiger partial charge in [0, 0.05) is 25.0 Å². The van der Waals surface area contributed by atoms with Gasteiger partial charge in [-0.05, 0) is 44.6 Å². The van der Waals surface area contributed by atoms with E-state index >= 15 is 0 Å². The lowest BCUT2D eigenvalue weighted by Crippen LogP contribution is -2.38. The molecule has 6 nitrogen and oxygen atoms in total. The molecular weight excluding hydrogens is 290 g/mol. The second-order valence-electron chi connectivity index (χ2n) is 6.44. The van der Waals surface area contributed by atoms with Crippen molar-refractivity contribution in [3.05, 3.63) is 45.8 Å². The zero-order valence-corrected chi connectivity index (χ0v) is 13.4. The molecule has 0 spiro atoms. The van der Waals surface area contributed by atoms with Crippen molar-refractivity contribution in [1.82, 2.24) is 19.7 Å². The first kappa shape index (κ1) is 14.4. The SMILES string of the molecule is Cc1nccnc1N1CCCC1Cn1nc2c(cc1=O)CCC2. The molecule has 23 heavy (non-hydrogen) atoms. The Morgan fingerprint density at radius 3 is 2.96 bits per heavy atom. The smallest absolute Gasteiger partial charge is 0.267 e. The van der Waals surface area contributed by atoms with Crippen LogP contribution < -0.4 is 10.5 Å². The van der Waals surface area contributed by atoms with Crippen LogP contribution in [-0.4, -0.2) is 32.3 Å². The Labute approximate surface area is 135 Å². The molecule has 1 atom stereocenters. The maximum Gasteiger partial charge on any atom is 0.267 e. The van der Waals surface area contributed by atoms with Crippen LogP contribution in [0, 0.1) is 6.92 Å². The molecular formula is C17H21N5O. The molecule has 120 valence electrons. The summed E-state index contributed by atoms with van der Waals surface area (Å²) >= 11 is 0. The number of hydrogen-bond acceptors (Lipinski definition) is 5. The van der Waals surface area contributed by atoms with E-state index in [1.54, 1.807) is 23.1 Å². The Hall–Kier alpha value is -2.24. The van der Waals surface area contributed by atoms with E-state index in [9.17, 15) is 4.79 Å². The molecule has 1 fully saturated rings. The molecule has 2 aliphatic rings. The molecule has 0 N–H and O–H groups in total. The second kappa shape index (κ2) is 5.76. The van der Waals surface area contributed by atoms with Crippen molar-refractivity contribution in [2.75, 3.05) is 11.4 Å². The van der Waals surface area contributed by atoms with Crippen LogP contribution in [0.15, 0.2) is 23.3 Å². The Morgan fingerprint density at radius 1 is 1.22 bits per heavy atom. The standard InChI is InChI=1S/C17H21N5O/c1-12-17(19-8-7-18-12)21-9-3-5-14(21)11-22-16(23)10-13-4-2-6-15(13)20-22/h7-8,10,14H,2-6,9,11H2,1H3. The van der Waals surface area contributed by atoms with E-state index in [-0.39, 0.29) is 11.6 Å². The van der Waals surface area contributed by atoms with Crippen LogP contribution in [0.25, 0.3) is 0 Å². The number of anilines is 1. The van der Waals surface area contributed by atoms with Crippen molar-refractivity contribution >= 4 is 5.82 Å². The lowest BCUT2D eigenvalue weighted by Gasteiger charge is -2.26.